The minimum Gasteiger partial charge on any atom is -0.466 e. The zero-order chi connectivity index (χ0) is 11.2. The molecule has 3 nitrogen and oxygen atoms in total. The molecule has 0 heterocycles. The number of carbonyl (C=O) groups excluding carboxylic acids is 1. The molecule has 0 saturated heterocycles. The van der Waals surface area contributed by atoms with Crippen LogP contribution in [0.2, 0.25) is 0 Å². The Labute approximate surface area is 87.2 Å². The van der Waals surface area contributed by atoms with Gasteiger partial charge >= 0.3 is 5.97 Å². The summed E-state index contributed by atoms with van der Waals surface area (Å²) < 4.78 is 4.88. The minimum atomic E-state index is -0.126. The topological polar surface area (TPSA) is 38.3 Å². The SMILES string of the molecule is CCOC(=O)CC(C)NC(C)(C)CC. The molecule has 0 aliphatic rings. The van der Waals surface area contributed by atoms with Gasteiger partial charge < -0.3 is 10.1 Å². The molecule has 0 bridgehead atoms. The van der Waals surface area contributed by atoms with Gasteiger partial charge in [-0.05, 0) is 34.1 Å². The van der Waals surface area contributed by atoms with E-state index in [0.29, 0.717) is 13.0 Å². The van der Waals surface area contributed by atoms with Gasteiger partial charge in [-0.25, -0.2) is 0 Å². The van der Waals surface area contributed by atoms with Crippen LogP contribution >= 0.6 is 0 Å². The number of hydrogen-bond acceptors (Lipinski definition) is 3. The van der Waals surface area contributed by atoms with Gasteiger partial charge in [0.15, 0.2) is 0 Å². The molecule has 0 aromatic rings. The molecule has 0 amide bonds. The first kappa shape index (κ1) is 13.4. The Morgan fingerprint density at radius 3 is 2.43 bits per heavy atom. The molecular formula is C11H23NO2. The summed E-state index contributed by atoms with van der Waals surface area (Å²) in [6.07, 6.45) is 1.48. The summed E-state index contributed by atoms with van der Waals surface area (Å²) >= 11 is 0. The number of ether oxygens (including phenoxy) is 1. The lowest BCUT2D eigenvalue weighted by Crippen LogP contribution is -2.45. The molecule has 0 aliphatic heterocycles. The van der Waals surface area contributed by atoms with E-state index in [2.05, 4.69) is 26.1 Å². The largest absolute Gasteiger partial charge is 0.466 e. The fourth-order valence-electron chi connectivity index (χ4n) is 1.29. The highest BCUT2D eigenvalue weighted by atomic mass is 16.5. The van der Waals surface area contributed by atoms with Gasteiger partial charge in [0.25, 0.3) is 0 Å². The first-order valence-electron chi connectivity index (χ1n) is 5.34. The van der Waals surface area contributed by atoms with Crippen molar-refractivity contribution < 1.29 is 9.53 Å². The molecule has 0 aliphatic carbocycles. The highest BCUT2D eigenvalue weighted by Crippen LogP contribution is 2.09. The van der Waals surface area contributed by atoms with Crippen molar-refractivity contribution in [2.45, 2.75) is 59.0 Å². The van der Waals surface area contributed by atoms with Crippen molar-refractivity contribution in [1.29, 1.82) is 0 Å². The maximum Gasteiger partial charge on any atom is 0.307 e. The quantitative estimate of drug-likeness (QED) is 0.669. The van der Waals surface area contributed by atoms with Crippen LogP contribution in [-0.4, -0.2) is 24.2 Å². The molecule has 14 heavy (non-hydrogen) atoms. The summed E-state index contributed by atoms with van der Waals surface area (Å²) in [6, 6.07) is 0.170. The van der Waals surface area contributed by atoms with Crippen LogP contribution in [0.4, 0.5) is 0 Å². The zero-order valence-electron chi connectivity index (χ0n) is 10.0. The van der Waals surface area contributed by atoms with Gasteiger partial charge in [0.05, 0.1) is 13.0 Å². The predicted molar refractivity (Wildman–Crippen MR) is 58.2 cm³/mol. The highest BCUT2D eigenvalue weighted by Gasteiger charge is 2.19. The van der Waals surface area contributed by atoms with Crippen LogP contribution in [0.15, 0.2) is 0 Å². The van der Waals surface area contributed by atoms with E-state index in [1.165, 1.54) is 0 Å². The standard InChI is InChI=1S/C11H23NO2/c1-6-11(4,5)12-9(3)8-10(13)14-7-2/h9,12H,6-8H2,1-5H3. The van der Waals surface area contributed by atoms with E-state index in [1.54, 1.807) is 0 Å². The second-order valence-corrected chi connectivity index (χ2v) is 4.29. The third-order valence-electron chi connectivity index (χ3n) is 2.30. The van der Waals surface area contributed by atoms with E-state index >= 15 is 0 Å². The molecular weight excluding hydrogens is 178 g/mol. The van der Waals surface area contributed by atoms with Gasteiger partial charge in [-0.2, -0.15) is 0 Å². The monoisotopic (exact) mass is 201 g/mol. The van der Waals surface area contributed by atoms with Crippen LogP contribution in [-0.2, 0) is 9.53 Å². The molecule has 3 heteroatoms. The van der Waals surface area contributed by atoms with E-state index in [1.807, 2.05) is 13.8 Å². The molecule has 0 spiro atoms. The average Bonchev–Trinajstić information content (AvgIpc) is 2.03. The van der Waals surface area contributed by atoms with Crippen LogP contribution < -0.4 is 5.32 Å². The van der Waals surface area contributed by atoms with Gasteiger partial charge in [0.1, 0.15) is 0 Å². The first-order valence-corrected chi connectivity index (χ1v) is 5.34. The van der Waals surface area contributed by atoms with Crippen LogP contribution in [0.25, 0.3) is 0 Å². The Morgan fingerprint density at radius 1 is 1.43 bits per heavy atom. The minimum absolute atomic E-state index is 0.0892. The lowest BCUT2D eigenvalue weighted by atomic mass is 10.00. The van der Waals surface area contributed by atoms with Gasteiger partial charge in [0, 0.05) is 11.6 Å². The summed E-state index contributed by atoms with van der Waals surface area (Å²) in [4.78, 5) is 11.2. The molecule has 0 fully saturated rings. The van der Waals surface area contributed by atoms with Gasteiger partial charge in [-0.1, -0.05) is 6.92 Å². The van der Waals surface area contributed by atoms with Crippen LogP contribution in [0.1, 0.15) is 47.5 Å². The second kappa shape index (κ2) is 6.02. The number of nitrogens with one attached hydrogen (secondary N) is 1. The van der Waals surface area contributed by atoms with E-state index in [9.17, 15) is 4.79 Å². The molecule has 0 aromatic carbocycles. The zero-order valence-corrected chi connectivity index (χ0v) is 10.0. The number of carbonyl (C=O) groups is 1. The fourth-order valence-corrected chi connectivity index (χ4v) is 1.29. The van der Waals surface area contributed by atoms with E-state index in [4.69, 9.17) is 4.74 Å². The Hall–Kier alpha value is -0.570. The number of esters is 1. The number of hydrogen-bond donors (Lipinski definition) is 1. The Kier molecular flexibility index (Phi) is 5.77. The lowest BCUT2D eigenvalue weighted by molar-refractivity contribution is -0.143. The van der Waals surface area contributed by atoms with Gasteiger partial charge in [-0.15, -0.1) is 0 Å². The van der Waals surface area contributed by atoms with E-state index < -0.39 is 0 Å². The normalized spacial score (nSPS) is 13.8. The van der Waals surface area contributed by atoms with Crippen molar-refractivity contribution in [3.05, 3.63) is 0 Å². The summed E-state index contributed by atoms with van der Waals surface area (Å²) in [5, 5.41) is 3.39. The van der Waals surface area contributed by atoms with Crippen molar-refractivity contribution >= 4 is 5.97 Å². The smallest absolute Gasteiger partial charge is 0.307 e. The first-order chi connectivity index (χ1) is 6.41. The Balaban J connectivity index is 3.86. The van der Waals surface area contributed by atoms with Crippen molar-refractivity contribution in [1.82, 2.24) is 5.32 Å². The molecule has 1 N–H and O–H groups in total. The van der Waals surface area contributed by atoms with Crippen LogP contribution in [0.5, 0.6) is 0 Å². The second-order valence-electron chi connectivity index (χ2n) is 4.29. The van der Waals surface area contributed by atoms with Crippen molar-refractivity contribution in [2.24, 2.45) is 0 Å². The Bertz CT molecular complexity index is 178. The van der Waals surface area contributed by atoms with Gasteiger partial charge in [0.2, 0.25) is 0 Å². The van der Waals surface area contributed by atoms with Crippen molar-refractivity contribution in [3.8, 4) is 0 Å². The maximum absolute atomic E-state index is 11.2. The fraction of sp³-hybridized carbons (Fsp3) is 0.909. The molecule has 0 radical (unpaired) electrons. The van der Waals surface area contributed by atoms with E-state index in [0.717, 1.165) is 6.42 Å². The molecule has 1 atom stereocenters. The molecule has 1 unspecified atom stereocenters. The molecule has 0 saturated carbocycles. The van der Waals surface area contributed by atoms with Crippen molar-refractivity contribution in [3.63, 3.8) is 0 Å². The molecule has 84 valence electrons. The Morgan fingerprint density at radius 2 is 2.00 bits per heavy atom. The van der Waals surface area contributed by atoms with Crippen molar-refractivity contribution in [2.75, 3.05) is 6.61 Å². The summed E-state index contributed by atoms with van der Waals surface area (Å²) in [7, 11) is 0. The summed E-state index contributed by atoms with van der Waals surface area (Å²) in [6.45, 7) is 10.7. The lowest BCUT2D eigenvalue weighted by Gasteiger charge is -2.28. The highest BCUT2D eigenvalue weighted by molar-refractivity contribution is 5.70. The predicted octanol–water partition coefficient (Wildman–Crippen LogP) is 2.11. The number of rotatable bonds is 6. The van der Waals surface area contributed by atoms with Gasteiger partial charge in [-0.3, -0.25) is 4.79 Å². The average molecular weight is 201 g/mol. The van der Waals surface area contributed by atoms with E-state index in [-0.39, 0.29) is 17.6 Å². The third-order valence-corrected chi connectivity index (χ3v) is 2.30. The molecule has 0 rings (SSSR count). The van der Waals surface area contributed by atoms with Crippen LogP contribution in [0, 0.1) is 0 Å². The maximum atomic E-state index is 11.2. The van der Waals surface area contributed by atoms with Crippen LogP contribution in [0.3, 0.4) is 0 Å². The summed E-state index contributed by atoms with van der Waals surface area (Å²) in [5.41, 5.74) is 0.0892. The third kappa shape index (κ3) is 5.97. The summed E-state index contributed by atoms with van der Waals surface area (Å²) in [5.74, 6) is -0.126. The molecule has 0 aromatic heterocycles.